The zero-order valence-electron chi connectivity index (χ0n) is 11.7. The standard InChI is InChI=1S/C17H12FNO3/c1-10-3-2-4-13-14(20)9-15(22-16(10)13)17(21)19-12-7-5-11(18)6-8-12/h2-9H,1H3,(H,19,21). The molecule has 0 spiro atoms. The second-order valence-corrected chi connectivity index (χ2v) is 4.89. The number of fused-ring (bicyclic) bond motifs is 1. The van der Waals surface area contributed by atoms with Crippen LogP contribution in [0.25, 0.3) is 11.0 Å². The number of hydrogen-bond donors (Lipinski definition) is 1. The smallest absolute Gasteiger partial charge is 0.291 e. The van der Waals surface area contributed by atoms with Crippen LogP contribution in [0.4, 0.5) is 10.1 Å². The van der Waals surface area contributed by atoms with Crippen molar-refractivity contribution in [2.75, 3.05) is 5.32 Å². The number of carbonyl (C=O) groups excluding carboxylic acids is 1. The topological polar surface area (TPSA) is 59.3 Å². The van der Waals surface area contributed by atoms with Gasteiger partial charge in [0.2, 0.25) is 0 Å². The third-order valence-corrected chi connectivity index (χ3v) is 3.28. The number of carbonyl (C=O) groups is 1. The van der Waals surface area contributed by atoms with Gasteiger partial charge in [0.05, 0.1) is 5.39 Å². The first-order chi connectivity index (χ1) is 10.5. The van der Waals surface area contributed by atoms with Gasteiger partial charge in [-0.2, -0.15) is 0 Å². The van der Waals surface area contributed by atoms with Gasteiger partial charge in [0, 0.05) is 11.8 Å². The van der Waals surface area contributed by atoms with Gasteiger partial charge < -0.3 is 9.73 Å². The Morgan fingerprint density at radius 3 is 2.59 bits per heavy atom. The molecule has 110 valence electrons. The summed E-state index contributed by atoms with van der Waals surface area (Å²) in [6.45, 7) is 1.80. The van der Waals surface area contributed by atoms with Crippen molar-refractivity contribution in [2.45, 2.75) is 6.92 Å². The minimum atomic E-state index is -0.561. The largest absolute Gasteiger partial charge is 0.450 e. The summed E-state index contributed by atoms with van der Waals surface area (Å²) in [5.41, 5.74) is 1.29. The van der Waals surface area contributed by atoms with E-state index in [4.69, 9.17) is 4.42 Å². The predicted molar refractivity (Wildman–Crippen MR) is 81.6 cm³/mol. The van der Waals surface area contributed by atoms with Crippen molar-refractivity contribution in [1.29, 1.82) is 0 Å². The van der Waals surface area contributed by atoms with E-state index in [0.717, 1.165) is 11.6 Å². The monoisotopic (exact) mass is 297 g/mol. The van der Waals surface area contributed by atoms with E-state index in [-0.39, 0.29) is 11.2 Å². The van der Waals surface area contributed by atoms with Gasteiger partial charge in [0.25, 0.3) is 5.91 Å². The van der Waals surface area contributed by atoms with Crippen LogP contribution in [-0.2, 0) is 0 Å². The molecule has 1 aromatic heterocycles. The fourth-order valence-corrected chi connectivity index (χ4v) is 2.16. The second-order valence-electron chi connectivity index (χ2n) is 4.89. The van der Waals surface area contributed by atoms with Crippen LogP contribution >= 0.6 is 0 Å². The van der Waals surface area contributed by atoms with Gasteiger partial charge in [-0.1, -0.05) is 12.1 Å². The van der Waals surface area contributed by atoms with Crippen molar-refractivity contribution < 1.29 is 13.6 Å². The highest BCUT2D eigenvalue weighted by atomic mass is 19.1. The van der Waals surface area contributed by atoms with Gasteiger partial charge in [0.1, 0.15) is 11.4 Å². The lowest BCUT2D eigenvalue weighted by molar-refractivity contribution is 0.0997. The predicted octanol–water partition coefficient (Wildman–Crippen LogP) is 3.49. The molecule has 3 aromatic rings. The maximum absolute atomic E-state index is 12.8. The highest BCUT2D eigenvalue weighted by Gasteiger charge is 2.13. The summed E-state index contributed by atoms with van der Waals surface area (Å²) in [4.78, 5) is 24.2. The van der Waals surface area contributed by atoms with E-state index in [9.17, 15) is 14.0 Å². The van der Waals surface area contributed by atoms with Crippen LogP contribution in [0.5, 0.6) is 0 Å². The van der Waals surface area contributed by atoms with Gasteiger partial charge in [-0.25, -0.2) is 4.39 Å². The van der Waals surface area contributed by atoms with E-state index >= 15 is 0 Å². The highest BCUT2D eigenvalue weighted by Crippen LogP contribution is 2.17. The normalized spacial score (nSPS) is 10.6. The van der Waals surface area contributed by atoms with E-state index < -0.39 is 11.7 Å². The molecule has 5 heteroatoms. The Bertz CT molecular complexity index is 913. The molecule has 0 fully saturated rings. The van der Waals surface area contributed by atoms with E-state index in [1.165, 1.54) is 24.3 Å². The molecule has 0 unspecified atom stereocenters. The summed E-state index contributed by atoms with van der Waals surface area (Å²) in [7, 11) is 0. The molecule has 0 bridgehead atoms. The van der Waals surface area contributed by atoms with Crippen molar-refractivity contribution in [1.82, 2.24) is 0 Å². The minimum Gasteiger partial charge on any atom is -0.450 e. The van der Waals surface area contributed by atoms with E-state index in [2.05, 4.69) is 5.32 Å². The fraction of sp³-hybridized carbons (Fsp3) is 0.0588. The third-order valence-electron chi connectivity index (χ3n) is 3.28. The molecule has 1 heterocycles. The number of anilines is 1. The van der Waals surface area contributed by atoms with Crippen LogP contribution in [-0.4, -0.2) is 5.91 Å². The molecule has 0 aliphatic carbocycles. The number of para-hydroxylation sites is 1. The van der Waals surface area contributed by atoms with Crippen molar-refractivity contribution in [3.63, 3.8) is 0 Å². The molecule has 0 saturated carbocycles. The number of halogens is 1. The van der Waals surface area contributed by atoms with E-state index in [1.807, 2.05) is 0 Å². The fourth-order valence-electron chi connectivity index (χ4n) is 2.16. The van der Waals surface area contributed by atoms with Crippen LogP contribution in [0.15, 0.2) is 57.7 Å². The minimum absolute atomic E-state index is 0.0869. The van der Waals surface area contributed by atoms with Gasteiger partial charge in [-0.05, 0) is 42.8 Å². The Hall–Kier alpha value is -2.95. The molecule has 1 N–H and O–H groups in total. The molecule has 0 atom stereocenters. The third kappa shape index (κ3) is 2.61. The first-order valence-corrected chi connectivity index (χ1v) is 6.65. The summed E-state index contributed by atoms with van der Waals surface area (Å²) in [5, 5.41) is 2.99. The molecule has 3 rings (SSSR count). The van der Waals surface area contributed by atoms with Crippen LogP contribution in [0.1, 0.15) is 16.1 Å². The first kappa shape index (κ1) is 14.0. The molecule has 0 saturated heterocycles. The van der Waals surface area contributed by atoms with Crippen LogP contribution in [0.2, 0.25) is 0 Å². The maximum atomic E-state index is 12.8. The van der Waals surface area contributed by atoms with Crippen molar-refractivity contribution in [3.05, 3.63) is 75.9 Å². The van der Waals surface area contributed by atoms with Gasteiger partial charge >= 0.3 is 0 Å². The Kier molecular flexibility index (Phi) is 3.47. The molecule has 0 radical (unpaired) electrons. The SMILES string of the molecule is Cc1cccc2c(=O)cc(C(=O)Nc3ccc(F)cc3)oc12. The molecular weight excluding hydrogens is 285 g/mol. The second kappa shape index (κ2) is 5.44. The Balaban J connectivity index is 1.99. The van der Waals surface area contributed by atoms with Gasteiger partial charge in [-0.3, -0.25) is 9.59 Å². The molecular formula is C17H12FNO3. The average molecular weight is 297 g/mol. The number of rotatable bonds is 2. The molecule has 0 aliphatic rings. The molecule has 0 aliphatic heterocycles. The molecule has 4 nitrogen and oxygen atoms in total. The lowest BCUT2D eigenvalue weighted by atomic mass is 10.1. The summed E-state index contributed by atoms with van der Waals surface area (Å²) < 4.78 is 18.4. The van der Waals surface area contributed by atoms with Crippen LogP contribution in [0, 0.1) is 12.7 Å². The zero-order valence-corrected chi connectivity index (χ0v) is 11.7. The number of nitrogens with one attached hydrogen (secondary N) is 1. The van der Waals surface area contributed by atoms with E-state index in [1.54, 1.807) is 25.1 Å². The Morgan fingerprint density at radius 1 is 1.14 bits per heavy atom. The number of amides is 1. The summed E-state index contributed by atoms with van der Waals surface area (Å²) in [5.74, 6) is -1.05. The van der Waals surface area contributed by atoms with Crippen LogP contribution < -0.4 is 10.7 Å². The van der Waals surface area contributed by atoms with Crippen molar-refractivity contribution in [2.24, 2.45) is 0 Å². The quantitative estimate of drug-likeness (QED) is 0.787. The maximum Gasteiger partial charge on any atom is 0.291 e. The Morgan fingerprint density at radius 2 is 1.86 bits per heavy atom. The summed E-state index contributed by atoms with van der Waals surface area (Å²) in [6.07, 6.45) is 0. The molecule has 2 aromatic carbocycles. The highest BCUT2D eigenvalue weighted by molar-refractivity contribution is 6.03. The first-order valence-electron chi connectivity index (χ1n) is 6.65. The lowest BCUT2D eigenvalue weighted by Crippen LogP contribution is -2.15. The number of aryl methyl sites for hydroxylation is 1. The molecule has 22 heavy (non-hydrogen) atoms. The average Bonchev–Trinajstić information content (AvgIpc) is 2.50. The van der Waals surface area contributed by atoms with E-state index in [0.29, 0.717) is 16.7 Å². The summed E-state index contributed by atoms with van der Waals surface area (Å²) >= 11 is 0. The number of benzene rings is 2. The Labute approximate surface area is 125 Å². The van der Waals surface area contributed by atoms with Crippen molar-refractivity contribution >= 4 is 22.6 Å². The van der Waals surface area contributed by atoms with Gasteiger partial charge in [-0.15, -0.1) is 0 Å². The number of hydrogen-bond acceptors (Lipinski definition) is 3. The lowest BCUT2D eigenvalue weighted by Gasteiger charge is -2.06. The summed E-state index contributed by atoms with van der Waals surface area (Å²) in [6, 6.07) is 11.7. The van der Waals surface area contributed by atoms with Gasteiger partial charge in [0.15, 0.2) is 11.2 Å². The van der Waals surface area contributed by atoms with Crippen molar-refractivity contribution in [3.8, 4) is 0 Å². The zero-order chi connectivity index (χ0) is 15.7. The van der Waals surface area contributed by atoms with Crippen LogP contribution in [0.3, 0.4) is 0 Å². The molecule has 1 amide bonds.